The Bertz CT molecular complexity index is 1000. The SMILES string of the molecule is Cc1cc(C)cc(OC(C)c2nnc(SCC(=O)Nc3cccnc3Cl)n2C)c1. The van der Waals surface area contributed by atoms with Crippen molar-refractivity contribution in [1.82, 2.24) is 19.7 Å². The summed E-state index contributed by atoms with van der Waals surface area (Å²) in [6.07, 6.45) is 1.28. The van der Waals surface area contributed by atoms with Crippen molar-refractivity contribution in [2.24, 2.45) is 7.05 Å². The van der Waals surface area contributed by atoms with Crippen molar-refractivity contribution in [2.75, 3.05) is 11.1 Å². The van der Waals surface area contributed by atoms with E-state index in [-0.39, 0.29) is 22.9 Å². The van der Waals surface area contributed by atoms with E-state index in [0.717, 1.165) is 16.9 Å². The van der Waals surface area contributed by atoms with E-state index in [1.807, 2.05) is 44.5 Å². The summed E-state index contributed by atoms with van der Waals surface area (Å²) < 4.78 is 7.88. The fraction of sp³-hybridized carbons (Fsp3) is 0.300. The molecule has 0 aliphatic rings. The van der Waals surface area contributed by atoms with Gasteiger partial charge in [-0.15, -0.1) is 10.2 Å². The van der Waals surface area contributed by atoms with Crippen molar-refractivity contribution < 1.29 is 9.53 Å². The Balaban J connectivity index is 1.61. The average molecular weight is 432 g/mol. The Kier molecular flexibility index (Phi) is 6.76. The molecular formula is C20H22ClN5O2S. The number of anilines is 1. The third kappa shape index (κ3) is 5.48. The Labute approximate surface area is 178 Å². The maximum Gasteiger partial charge on any atom is 0.234 e. The molecule has 9 heteroatoms. The standard InChI is InChI=1S/C20H22ClN5O2S/c1-12-8-13(2)10-15(9-12)28-14(3)19-24-25-20(26(19)4)29-11-17(27)23-16-6-5-7-22-18(16)21/h5-10,14H,11H2,1-4H3,(H,23,27). The third-order valence-electron chi connectivity index (χ3n) is 4.11. The van der Waals surface area contributed by atoms with Crippen molar-refractivity contribution in [3.05, 3.63) is 58.6 Å². The number of amides is 1. The maximum absolute atomic E-state index is 12.2. The largest absolute Gasteiger partial charge is 0.483 e. The zero-order chi connectivity index (χ0) is 21.0. The molecule has 0 saturated heterocycles. The number of carbonyl (C=O) groups excluding carboxylic acids is 1. The highest BCUT2D eigenvalue weighted by Gasteiger charge is 2.18. The second kappa shape index (κ2) is 9.28. The number of aromatic nitrogens is 4. The topological polar surface area (TPSA) is 81.9 Å². The van der Waals surface area contributed by atoms with Crippen LogP contribution in [0.2, 0.25) is 5.15 Å². The van der Waals surface area contributed by atoms with E-state index in [9.17, 15) is 4.79 Å². The fourth-order valence-electron chi connectivity index (χ4n) is 2.86. The molecule has 0 spiro atoms. The van der Waals surface area contributed by atoms with Crippen molar-refractivity contribution >= 4 is 35.0 Å². The molecule has 0 saturated carbocycles. The number of ether oxygens (including phenoxy) is 1. The van der Waals surface area contributed by atoms with E-state index >= 15 is 0 Å². The number of halogens is 1. The number of benzene rings is 1. The molecule has 7 nitrogen and oxygen atoms in total. The van der Waals surface area contributed by atoms with Gasteiger partial charge in [0.2, 0.25) is 5.91 Å². The molecule has 0 radical (unpaired) electrons. The Hall–Kier alpha value is -2.58. The molecule has 0 aliphatic heterocycles. The minimum absolute atomic E-state index is 0.170. The maximum atomic E-state index is 12.2. The molecule has 0 fully saturated rings. The number of hydrogen-bond donors (Lipinski definition) is 1. The first-order valence-corrected chi connectivity index (χ1v) is 10.4. The first-order chi connectivity index (χ1) is 13.8. The number of carbonyl (C=O) groups is 1. The lowest BCUT2D eigenvalue weighted by Gasteiger charge is -2.15. The first kappa shape index (κ1) is 21.1. The summed E-state index contributed by atoms with van der Waals surface area (Å²) in [4.78, 5) is 16.1. The predicted octanol–water partition coefficient (Wildman–Crippen LogP) is 4.35. The highest BCUT2D eigenvalue weighted by Crippen LogP contribution is 2.25. The molecule has 0 aliphatic carbocycles. The summed E-state index contributed by atoms with van der Waals surface area (Å²) in [5.41, 5.74) is 2.76. The van der Waals surface area contributed by atoms with Gasteiger partial charge >= 0.3 is 0 Å². The molecule has 1 N–H and O–H groups in total. The lowest BCUT2D eigenvalue weighted by Crippen LogP contribution is -2.15. The minimum Gasteiger partial charge on any atom is -0.483 e. The highest BCUT2D eigenvalue weighted by atomic mass is 35.5. The zero-order valence-electron chi connectivity index (χ0n) is 16.6. The number of nitrogens with one attached hydrogen (secondary N) is 1. The molecule has 29 heavy (non-hydrogen) atoms. The van der Waals surface area contributed by atoms with Crippen LogP contribution in [0.5, 0.6) is 5.75 Å². The van der Waals surface area contributed by atoms with Gasteiger partial charge < -0.3 is 14.6 Å². The second-order valence-electron chi connectivity index (χ2n) is 6.66. The normalized spacial score (nSPS) is 11.9. The Morgan fingerprint density at radius 2 is 2.00 bits per heavy atom. The minimum atomic E-state index is -0.286. The van der Waals surface area contributed by atoms with E-state index in [0.29, 0.717) is 16.7 Å². The molecular weight excluding hydrogens is 410 g/mol. The van der Waals surface area contributed by atoms with Crippen molar-refractivity contribution in [3.63, 3.8) is 0 Å². The molecule has 1 amide bonds. The van der Waals surface area contributed by atoms with Crippen LogP contribution < -0.4 is 10.1 Å². The van der Waals surface area contributed by atoms with Crippen molar-refractivity contribution in [3.8, 4) is 5.75 Å². The summed E-state index contributed by atoms with van der Waals surface area (Å²) >= 11 is 7.25. The second-order valence-corrected chi connectivity index (χ2v) is 7.96. The van der Waals surface area contributed by atoms with Gasteiger partial charge in [0, 0.05) is 13.2 Å². The summed E-state index contributed by atoms with van der Waals surface area (Å²) in [7, 11) is 1.86. The molecule has 2 heterocycles. The van der Waals surface area contributed by atoms with Gasteiger partial charge in [-0.25, -0.2) is 4.98 Å². The van der Waals surface area contributed by atoms with Crippen LogP contribution in [-0.2, 0) is 11.8 Å². The smallest absolute Gasteiger partial charge is 0.234 e. The average Bonchev–Trinajstić information content (AvgIpc) is 3.02. The van der Waals surface area contributed by atoms with Crippen LogP contribution >= 0.6 is 23.4 Å². The number of aryl methyl sites for hydroxylation is 2. The van der Waals surface area contributed by atoms with Crippen LogP contribution in [0.25, 0.3) is 0 Å². The van der Waals surface area contributed by atoms with E-state index in [4.69, 9.17) is 16.3 Å². The summed E-state index contributed by atoms with van der Waals surface area (Å²) in [5, 5.41) is 12.0. The monoisotopic (exact) mass is 431 g/mol. The molecule has 3 rings (SSSR count). The van der Waals surface area contributed by atoms with Crippen LogP contribution in [0, 0.1) is 13.8 Å². The molecule has 2 aromatic heterocycles. The molecule has 152 valence electrons. The van der Waals surface area contributed by atoms with Gasteiger partial charge in [0.25, 0.3) is 0 Å². The Morgan fingerprint density at radius 3 is 2.69 bits per heavy atom. The first-order valence-electron chi connectivity index (χ1n) is 9.01. The van der Waals surface area contributed by atoms with Crippen LogP contribution in [0.15, 0.2) is 41.7 Å². The van der Waals surface area contributed by atoms with Crippen LogP contribution in [-0.4, -0.2) is 31.4 Å². The van der Waals surface area contributed by atoms with E-state index < -0.39 is 0 Å². The number of thioether (sulfide) groups is 1. The summed E-state index contributed by atoms with van der Waals surface area (Å²) in [5.74, 6) is 1.44. The molecule has 1 unspecified atom stereocenters. The van der Waals surface area contributed by atoms with Crippen LogP contribution in [0.3, 0.4) is 0 Å². The predicted molar refractivity (Wildman–Crippen MR) is 115 cm³/mol. The van der Waals surface area contributed by atoms with Gasteiger partial charge in [0.05, 0.1) is 11.4 Å². The Morgan fingerprint density at radius 1 is 1.28 bits per heavy atom. The fourth-order valence-corrected chi connectivity index (χ4v) is 3.74. The zero-order valence-corrected chi connectivity index (χ0v) is 18.2. The van der Waals surface area contributed by atoms with Gasteiger partial charge in [0.1, 0.15) is 5.75 Å². The van der Waals surface area contributed by atoms with Crippen molar-refractivity contribution in [1.29, 1.82) is 0 Å². The van der Waals surface area contributed by atoms with E-state index in [2.05, 4.69) is 26.6 Å². The molecule has 3 aromatic rings. The molecule has 1 atom stereocenters. The number of pyridine rings is 1. The van der Waals surface area contributed by atoms with Gasteiger partial charge in [-0.3, -0.25) is 4.79 Å². The third-order valence-corrected chi connectivity index (χ3v) is 5.43. The van der Waals surface area contributed by atoms with Gasteiger partial charge in [-0.05, 0) is 56.2 Å². The van der Waals surface area contributed by atoms with E-state index in [1.54, 1.807) is 18.3 Å². The van der Waals surface area contributed by atoms with Crippen molar-refractivity contribution in [2.45, 2.75) is 32.0 Å². The lowest BCUT2D eigenvalue weighted by atomic mass is 10.1. The van der Waals surface area contributed by atoms with E-state index in [1.165, 1.54) is 11.8 Å². The summed E-state index contributed by atoms with van der Waals surface area (Å²) in [6, 6.07) is 9.48. The molecule has 1 aromatic carbocycles. The number of rotatable bonds is 7. The summed E-state index contributed by atoms with van der Waals surface area (Å²) in [6.45, 7) is 5.99. The van der Waals surface area contributed by atoms with Gasteiger partial charge in [-0.2, -0.15) is 0 Å². The lowest BCUT2D eigenvalue weighted by molar-refractivity contribution is -0.113. The van der Waals surface area contributed by atoms with Crippen LogP contribution in [0.4, 0.5) is 5.69 Å². The highest BCUT2D eigenvalue weighted by molar-refractivity contribution is 7.99. The van der Waals surface area contributed by atoms with Gasteiger partial charge in [-0.1, -0.05) is 29.4 Å². The quantitative estimate of drug-likeness (QED) is 0.442. The molecule has 0 bridgehead atoms. The number of hydrogen-bond acceptors (Lipinski definition) is 6. The van der Waals surface area contributed by atoms with Crippen LogP contribution in [0.1, 0.15) is 30.0 Å². The number of nitrogens with zero attached hydrogens (tertiary/aromatic N) is 4. The van der Waals surface area contributed by atoms with Gasteiger partial charge in [0.15, 0.2) is 22.2 Å².